The number of ketones is 3. The van der Waals surface area contributed by atoms with Gasteiger partial charge in [-0.2, -0.15) is 0 Å². The van der Waals surface area contributed by atoms with E-state index in [0.29, 0.717) is 25.7 Å². The monoisotopic (exact) mass is 534 g/mol. The highest BCUT2D eigenvalue weighted by Crippen LogP contribution is 2.73. The number of carbonyl (C=O) groups is 4. The van der Waals surface area contributed by atoms with Crippen molar-refractivity contribution in [1.29, 1.82) is 0 Å². The van der Waals surface area contributed by atoms with E-state index in [1.807, 2.05) is 13.8 Å². The zero-order chi connectivity index (χ0) is 28.6. The summed E-state index contributed by atoms with van der Waals surface area (Å²) in [6.45, 7) is 10.2. The van der Waals surface area contributed by atoms with Gasteiger partial charge in [0.2, 0.25) is 0 Å². The van der Waals surface area contributed by atoms with Crippen molar-refractivity contribution in [2.24, 2.45) is 46.3 Å². The van der Waals surface area contributed by atoms with Crippen molar-refractivity contribution in [3.63, 3.8) is 0 Å². The molecule has 0 aromatic rings. The van der Waals surface area contributed by atoms with Crippen LogP contribution in [0.2, 0.25) is 0 Å². The average Bonchev–Trinajstić information content (AvgIpc) is 3.17. The molecule has 8 nitrogen and oxygen atoms in total. The molecule has 0 saturated heterocycles. The fourth-order valence-corrected chi connectivity index (χ4v) is 10.0. The molecule has 214 valence electrons. The van der Waals surface area contributed by atoms with E-state index in [-0.39, 0.29) is 79.0 Å². The summed E-state index contributed by atoms with van der Waals surface area (Å²) < 4.78 is 0. The maximum atomic E-state index is 13.4. The number of hydrogen-bond donors (Lipinski definition) is 4. The molecule has 11 unspecified atom stereocenters. The summed E-state index contributed by atoms with van der Waals surface area (Å²) in [5.74, 6) is -3.59. The second-order valence-electron chi connectivity index (χ2n) is 13.9. The van der Waals surface area contributed by atoms with E-state index in [0.717, 1.165) is 0 Å². The minimum Gasteiger partial charge on any atom is -0.481 e. The summed E-state index contributed by atoms with van der Waals surface area (Å²) >= 11 is 0. The van der Waals surface area contributed by atoms with Crippen LogP contribution in [0.5, 0.6) is 0 Å². The van der Waals surface area contributed by atoms with Gasteiger partial charge >= 0.3 is 5.97 Å². The lowest BCUT2D eigenvalue weighted by Gasteiger charge is -2.68. The highest BCUT2D eigenvalue weighted by molar-refractivity contribution is 5.88. The van der Waals surface area contributed by atoms with Gasteiger partial charge in [0.1, 0.15) is 16.8 Å². The minimum absolute atomic E-state index is 0.000833. The number of aliphatic carboxylic acids is 1. The van der Waals surface area contributed by atoms with Crippen LogP contribution in [0.3, 0.4) is 0 Å². The van der Waals surface area contributed by atoms with Gasteiger partial charge in [0, 0.05) is 17.8 Å². The third kappa shape index (κ3) is 3.87. The summed E-state index contributed by atoms with van der Waals surface area (Å²) in [6, 6.07) is 0. The standard InChI is InChI=1S/C30H46O8/c1-16(7-10-24(34)35)21-8-9-22-25-23(15-30(38,19(4)33)27(21,22)6)26(5)11-12-28(36,17(2)31)13-20(26)14-29(25,37)18(3)32/h16,20-23,25,36-38H,7-15H2,1-6H3,(H,34,35). The molecule has 0 bridgehead atoms. The van der Waals surface area contributed by atoms with Gasteiger partial charge in [0.05, 0.1) is 0 Å². The van der Waals surface area contributed by atoms with Crippen molar-refractivity contribution in [3.05, 3.63) is 0 Å². The molecule has 4 saturated carbocycles. The molecule has 8 heteroatoms. The molecule has 11 atom stereocenters. The Hall–Kier alpha value is -1.64. The number of carbonyl (C=O) groups excluding carboxylic acids is 3. The van der Waals surface area contributed by atoms with Crippen LogP contribution in [0, 0.1) is 46.3 Å². The molecular formula is C30H46O8. The molecule has 4 fully saturated rings. The summed E-state index contributed by atoms with van der Waals surface area (Å²) in [6.07, 6.45) is 2.88. The third-order valence-electron chi connectivity index (χ3n) is 12.5. The van der Waals surface area contributed by atoms with Crippen LogP contribution in [-0.2, 0) is 19.2 Å². The third-order valence-corrected chi connectivity index (χ3v) is 12.5. The lowest BCUT2D eigenvalue weighted by molar-refractivity contribution is -0.262. The van der Waals surface area contributed by atoms with Crippen molar-refractivity contribution in [2.45, 2.75) is 116 Å². The number of carboxylic acid groups (broad SMARTS) is 1. The predicted octanol–water partition coefficient (Wildman–Crippen LogP) is 3.33. The molecular weight excluding hydrogens is 488 g/mol. The fraction of sp³-hybridized carbons (Fsp3) is 0.867. The SMILES string of the molecule is CC(=O)C1(O)CCC2(C)C(C1)CC(O)(C(C)=O)C1C2CC(O)(C(C)=O)C2(C)C(C(C)CCC(=O)O)CCC12. The molecule has 0 spiro atoms. The smallest absolute Gasteiger partial charge is 0.303 e. The van der Waals surface area contributed by atoms with Gasteiger partial charge in [-0.25, -0.2) is 0 Å². The first kappa shape index (κ1) is 29.3. The Morgan fingerprint density at radius 3 is 2.00 bits per heavy atom. The van der Waals surface area contributed by atoms with Crippen LogP contribution < -0.4 is 0 Å². The van der Waals surface area contributed by atoms with Crippen molar-refractivity contribution in [2.75, 3.05) is 0 Å². The van der Waals surface area contributed by atoms with Gasteiger partial charge < -0.3 is 20.4 Å². The normalized spacial score (nSPS) is 48.8. The average molecular weight is 535 g/mol. The number of carboxylic acids is 1. The molecule has 0 aromatic carbocycles. The molecule has 4 rings (SSSR count). The van der Waals surface area contributed by atoms with Crippen LogP contribution in [0.1, 0.15) is 99.3 Å². The Morgan fingerprint density at radius 1 is 0.842 bits per heavy atom. The Bertz CT molecular complexity index is 1040. The molecule has 0 radical (unpaired) electrons. The van der Waals surface area contributed by atoms with E-state index in [4.69, 9.17) is 0 Å². The van der Waals surface area contributed by atoms with Crippen molar-refractivity contribution in [3.8, 4) is 0 Å². The number of fused-ring (bicyclic) bond motifs is 5. The summed E-state index contributed by atoms with van der Waals surface area (Å²) in [5, 5.41) is 45.0. The van der Waals surface area contributed by atoms with Crippen molar-refractivity contribution < 1.29 is 39.6 Å². The quantitative estimate of drug-likeness (QED) is 0.389. The van der Waals surface area contributed by atoms with Crippen LogP contribution in [0.15, 0.2) is 0 Å². The van der Waals surface area contributed by atoms with Crippen LogP contribution in [0.25, 0.3) is 0 Å². The van der Waals surface area contributed by atoms with Crippen LogP contribution in [0.4, 0.5) is 0 Å². The largest absolute Gasteiger partial charge is 0.481 e. The Kier molecular flexibility index (Phi) is 7.11. The number of hydrogen-bond acceptors (Lipinski definition) is 7. The van der Waals surface area contributed by atoms with E-state index in [1.165, 1.54) is 20.8 Å². The zero-order valence-corrected chi connectivity index (χ0v) is 23.7. The molecule has 0 heterocycles. The van der Waals surface area contributed by atoms with Gasteiger partial charge in [0.15, 0.2) is 17.3 Å². The first-order valence-corrected chi connectivity index (χ1v) is 14.3. The maximum absolute atomic E-state index is 13.4. The first-order chi connectivity index (χ1) is 17.4. The molecule has 4 aliphatic carbocycles. The van der Waals surface area contributed by atoms with Crippen molar-refractivity contribution >= 4 is 23.3 Å². The summed E-state index contributed by atoms with van der Waals surface area (Å²) in [5.41, 5.74) is -6.32. The van der Waals surface area contributed by atoms with E-state index in [1.54, 1.807) is 0 Å². The second-order valence-corrected chi connectivity index (χ2v) is 13.9. The number of aliphatic hydroxyl groups is 3. The molecule has 4 aliphatic rings. The van der Waals surface area contributed by atoms with Gasteiger partial charge in [-0.15, -0.1) is 0 Å². The summed E-state index contributed by atoms with van der Waals surface area (Å²) in [4.78, 5) is 50.3. The van der Waals surface area contributed by atoms with Gasteiger partial charge in [-0.3, -0.25) is 19.2 Å². The highest BCUT2D eigenvalue weighted by Gasteiger charge is 2.75. The molecule has 0 aromatic heterocycles. The minimum atomic E-state index is -1.70. The highest BCUT2D eigenvalue weighted by atomic mass is 16.4. The zero-order valence-electron chi connectivity index (χ0n) is 23.7. The fourth-order valence-electron chi connectivity index (χ4n) is 10.0. The van der Waals surface area contributed by atoms with E-state index >= 15 is 0 Å². The Balaban J connectivity index is 1.84. The Labute approximate surface area is 225 Å². The number of Topliss-reactive ketones (excluding diaryl/α,β-unsaturated/α-hetero) is 3. The maximum Gasteiger partial charge on any atom is 0.303 e. The van der Waals surface area contributed by atoms with E-state index in [2.05, 4.69) is 6.92 Å². The van der Waals surface area contributed by atoms with Gasteiger partial charge in [-0.1, -0.05) is 20.8 Å². The summed E-state index contributed by atoms with van der Waals surface area (Å²) in [7, 11) is 0. The van der Waals surface area contributed by atoms with Gasteiger partial charge in [-0.05, 0) is 107 Å². The lowest BCUT2D eigenvalue weighted by Crippen LogP contribution is -2.73. The topological polar surface area (TPSA) is 149 Å². The Morgan fingerprint density at radius 2 is 1.47 bits per heavy atom. The van der Waals surface area contributed by atoms with Gasteiger partial charge in [0.25, 0.3) is 0 Å². The lowest BCUT2D eigenvalue weighted by atomic mass is 9.37. The molecule has 0 aliphatic heterocycles. The predicted molar refractivity (Wildman–Crippen MR) is 139 cm³/mol. The molecule has 0 amide bonds. The van der Waals surface area contributed by atoms with Crippen LogP contribution in [-0.4, -0.2) is 60.5 Å². The first-order valence-electron chi connectivity index (χ1n) is 14.3. The molecule has 38 heavy (non-hydrogen) atoms. The van der Waals surface area contributed by atoms with Crippen LogP contribution >= 0.6 is 0 Å². The molecule has 4 N–H and O–H groups in total. The second kappa shape index (κ2) is 9.20. The van der Waals surface area contributed by atoms with Crippen molar-refractivity contribution in [1.82, 2.24) is 0 Å². The van der Waals surface area contributed by atoms with E-state index in [9.17, 15) is 39.6 Å². The van der Waals surface area contributed by atoms with E-state index < -0.39 is 39.5 Å². The number of rotatable bonds is 7.